The predicted molar refractivity (Wildman–Crippen MR) is 115 cm³/mol. The SMILES string of the molecule is N#Cc1cccc(NCCCNCCc2cccc(C3(C(=O)O)CCC3)c2)c1N. The molecule has 2 aromatic carbocycles. The lowest BCUT2D eigenvalue weighted by atomic mass is 9.64. The molecule has 1 fully saturated rings. The van der Waals surface area contributed by atoms with Crippen LogP contribution in [0.1, 0.15) is 42.4 Å². The highest BCUT2D eigenvalue weighted by Crippen LogP contribution is 2.44. The van der Waals surface area contributed by atoms with E-state index >= 15 is 0 Å². The van der Waals surface area contributed by atoms with Crippen molar-refractivity contribution in [2.75, 3.05) is 30.7 Å². The van der Waals surface area contributed by atoms with Gasteiger partial charge in [0.2, 0.25) is 0 Å². The van der Waals surface area contributed by atoms with Crippen molar-refractivity contribution in [3.63, 3.8) is 0 Å². The lowest BCUT2D eigenvalue weighted by Gasteiger charge is -2.38. The lowest BCUT2D eigenvalue weighted by molar-refractivity contribution is -0.147. The van der Waals surface area contributed by atoms with Crippen LogP contribution in [-0.4, -0.2) is 30.7 Å². The summed E-state index contributed by atoms with van der Waals surface area (Å²) in [5.74, 6) is -0.701. The Morgan fingerprint density at radius 2 is 1.97 bits per heavy atom. The van der Waals surface area contributed by atoms with Gasteiger partial charge in [0.05, 0.1) is 22.4 Å². The van der Waals surface area contributed by atoms with Crippen molar-refractivity contribution in [1.29, 1.82) is 5.26 Å². The average molecular weight is 393 g/mol. The van der Waals surface area contributed by atoms with Crippen LogP contribution >= 0.6 is 0 Å². The number of hydrogen-bond donors (Lipinski definition) is 4. The number of nitriles is 1. The summed E-state index contributed by atoms with van der Waals surface area (Å²) in [7, 11) is 0. The molecule has 0 radical (unpaired) electrons. The molecule has 0 amide bonds. The zero-order valence-electron chi connectivity index (χ0n) is 16.6. The fourth-order valence-electron chi connectivity index (χ4n) is 3.79. The molecule has 3 rings (SSSR count). The number of nitrogens with two attached hydrogens (primary N) is 1. The minimum absolute atomic E-state index is 0.488. The monoisotopic (exact) mass is 392 g/mol. The standard InChI is InChI=1S/C23H28N4O2/c24-16-18-6-2-8-20(21(18)25)27-13-4-12-26-14-9-17-5-1-7-19(15-17)23(22(28)29)10-3-11-23/h1-2,5-8,15,26-27H,3-4,9-14,25H2,(H,28,29). The van der Waals surface area contributed by atoms with E-state index in [0.717, 1.165) is 63.0 Å². The van der Waals surface area contributed by atoms with Gasteiger partial charge in [-0.3, -0.25) is 4.79 Å². The van der Waals surface area contributed by atoms with Gasteiger partial charge in [-0.25, -0.2) is 0 Å². The van der Waals surface area contributed by atoms with E-state index in [-0.39, 0.29) is 0 Å². The minimum atomic E-state index is -0.701. The summed E-state index contributed by atoms with van der Waals surface area (Å²) in [5, 5.41) is 25.3. The second kappa shape index (κ2) is 9.44. The number of carbonyl (C=O) groups is 1. The summed E-state index contributed by atoms with van der Waals surface area (Å²) in [5.41, 5.74) is 9.18. The number of anilines is 2. The average Bonchev–Trinajstić information content (AvgIpc) is 2.67. The number of para-hydroxylation sites is 1. The van der Waals surface area contributed by atoms with Crippen LogP contribution in [0.2, 0.25) is 0 Å². The summed E-state index contributed by atoms with van der Waals surface area (Å²) in [4.78, 5) is 11.7. The fourth-order valence-corrected chi connectivity index (χ4v) is 3.79. The van der Waals surface area contributed by atoms with E-state index in [1.165, 1.54) is 5.56 Å². The smallest absolute Gasteiger partial charge is 0.314 e. The van der Waals surface area contributed by atoms with Gasteiger partial charge in [0.25, 0.3) is 0 Å². The molecule has 5 N–H and O–H groups in total. The highest BCUT2D eigenvalue weighted by molar-refractivity contribution is 5.82. The number of nitrogens with one attached hydrogen (secondary N) is 2. The van der Waals surface area contributed by atoms with Crippen LogP contribution < -0.4 is 16.4 Å². The molecule has 0 atom stereocenters. The van der Waals surface area contributed by atoms with Gasteiger partial charge in [-0.2, -0.15) is 5.26 Å². The second-order valence-corrected chi connectivity index (χ2v) is 7.60. The molecule has 0 unspecified atom stereocenters. The van der Waals surface area contributed by atoms with Gasteiger partial charge in [0.15, 0.2) is 0 Å². The molecule has 152 valence electrons. The molecule has 2 aromatic rings. The molecular formula is C23H28N4O2. The van der Waals surface area contributed by atoms with Crippen molar-refractivity contribution in [2.24, 2.45) is 0 Å². The largest absolute Gasteiger partial charge is 0.481 e. The third-order valence-corrected chi connectivity index (χ3v) is 5.76. The minimum Gasteiger partial charge on any atom is -0.481 e. The van der Waals surface area contributed by atoms with Gasteiger partial charge in [-0.05, 0) is 62.0 Å². The maximum absolute atomic E-state index is 11.7. The van der Waals surface area contributed by atoms with Crippen LogP contribution in [0.5, 0.6) is 0 Å². The van der Waals surface area contributed by atoms with E-state index < -0.39 is 11.4 Å². The van der Waals surface area contributed by atoms with Gasteiger partial charge in [-0.1, -0.05) is 36.8 Å². The molecule has 0 spiro atoms. The summed E-state index contributed by atoms with van der Waals surface area (Å²) in [6, 6.07) is 15.5. The van der Waals surface area contributed by atoms with Crippen LogP contribution in [0.25, 0.3) is 0 Å². The molecule has 1 aliphatic rings. The van der Waals surface area contributed by atoms with Gasteiger partial charge in [0.1, 0.15) is 6.07 Å². The van der Waals surface area contributed by atoms with Crippen molar-refractivity contribution in [3.8, 4) is 6.07 Å². The summed E-state index contributed by atoms with van der Waals surface area (Å²) < 4.78 is 0. The molecule has 29 heavy (non-hydrogen) atoms. The van der Waals surface area contributed by atoms with Gasteiger partial charge in [0, 0.05) is 6.54 Å². The first-order chi connectivity index (χ1) is 14.1. The molecule has 1 aliphatic carbocycles. The van der Waals surface area contributed by atoms with Gasteiger partial charge in [-0.15, -0.1) is 0 Å². The molecule has 1 saturated carbocycles. The van der Waals surface area contributed by atoms with E-state index in [2.05, 4.69) is 28.8 Å². The zero-order valence-corrected chi connectivity index (χ0v) is 16.6. The Kier molecular flexibility index (Phi) is 6.73. The Morgan fingerprint density at radius 3 is 2.66 bits per heavy atom. The number of hydrogen-bond acceptors (Lipinski definition) is 5. The normalized spacial score (nSPS) is 14.6. The number of aliphatic carboxylic acids is 1. The highest BCUT2D eigenvalue weighted by atomic mass is 16.4. The summed E-state index contributed by atoms with van der Waals surface area (Å²) in [6.07, 6.45) is 4.25. The van der Waals surface area contributed by atoms with Crippen LogP contribution in [0.15, 0.2) is 42.5 Å². The van der Waals surface area contributed by atoms with Crippen molar-refractivity contribution in [1.82, 2.24) is 5.32 Å². The first kappa shape index (κ1) is 20.7. The number of rotatable bonds is 10. The molecule has 6 nitrogen and oxygen atoms in total. The third kappa shape index (κ3) is 4.69. The number of nitrogen functional groups attached to an aromatic ring is 1. The van der Waals surface area contributed by atoms with E-state index in [1.807, 2.05) is 24.3 Å². The number of nitrogens with zero attached hydrogens (tertiary/aromatic N) is 1. The fraction of sp³-hybridized carbons (Fsp3) is 0.391. The van der Waals surface area contributed by atoms with Crippen LogP contribution in [0.4, 0.5) is 11.4 Å². The quantitative estimate of drug-likeness (QED) is 0.365. The summed E-state index contributed by atoms with van der Waals surface area (Å²) in [6.45, 7) is 2.47. The number of carboxylic acids is 1. The van der Waals surface area contributed by atoms with Crippen LogP contribution in [0.3, 0.4) is 0 Å². The number of carboxylic acid groups (broad SMARTS) is 1. The predicted octanol–water partition coefficient (Wildman–Crippen LogP) is 3.28. The Hall–Kier alpha value is -3.04. The van der Waals surface area contributed by atoms with Crippen molar-refractivity contribution >= 4 is 17.3 Å². The van der Waals surface area contributed by atoms with E-state index in [4.69, 9.17) is 11.0 Å². The molecule has 0 saturated heterocycles. The molecule has 0 aromatic heterocycles. The Balaban J connectivity index is 1.39. The summed E-state index contributed by atoms with van der Waals surface area (Å²) >= 11 is 0. The van der Waals surface area contributed by atoms with Gasteiger partial charge >= 0.3 is 5.97 Å². The van der Waals surface area contributed by atoms with Gasteiger partial charge < -0.3 is 21.5 Å². The molecule has 6 heteroatoms. The van der Waals surface area contributed by atoms with Crippen molar-refractivity contribution in [3.05, 3.63) is 59.2 Å². The van der Waals surface area contributed by atoms with Crippen LogP contribution in [0, 0.1) is 11.3 Å². The maximum Gasteiger partial charge on any atom is 0.314 e. The molecule has 0 bridgehead atoms. The Bertz CT molecular complexity index is 900. The Morgan fingerprint density at radius 1 is 1.17 bits per heavy atom. The van der Waals surface area contributed by atoms with Crippen molar-refractivity contribution < 1.29 is 9.90 Å². The highest BCUT2D eigenvalue weighted by Gasteiger charge is 2.45. The van der Waals surface area contributed by atoms with E-state index in [1.54, 1.807) is 6.07 Å². The van der Waals surface area contributed by atoms with Crippen LogP contribution in [-0.2, 0) is 16.6 Å². The first-order valence-electron chi connectivity index (χ1n) is 10.1. The maximum atomic E-state index is 11.7. The lowest BCUT2D eigenvalue weighted by Crippen LogP contribution is -2.42. The third-order valence-electron chi connectivity index (χ3n) is 5.76. The molecular weight excluding hydrogens is 364 g/mol. The van der Waals surface area contributed by atoms with E-state index in [0.29, 0.717) is 11.3 Å². The van der Waals surface area contributed by atoms with E-state index in [9.17, 15) is 9.90 Å². The molecule has 0 heterocycles. The number of benzene rings is 2. The second-order valence-electron chi connectivity index (χ2n) is 7.60. The zero-order chi connectivity index (χ0) is 20.7. The topological polar surface area (TPSA) is 111 Å². The molecule has 0 aliphatic heterocycles. The Labute approximate surface area is 171 Å². The van der Waals surface area contributed by atoms with Crippen molar-refractivity contribution in [2.45, 2.75) is 37.5 Å². The first-order valence-corrected chi connectivity index (χ1v) is 10.1.